The summed E-state index contributed by atoms with van der Waals surface area (Å²) in [6.45, 7) is 1.43. The van der Waals surface area contributed by atoms with E-state index in [-0.39, 0.29) is 6.54 Å². The fraction of sp³-hybridized carbons (Fsp3) is 0.400. The summed E-state index contributed by atoms with van der Waals surface area (Å²) < 4.78 is 4.95. The number of primary amides is 1. The molecule has 116 valence electrons. The van der Waals surface area contributed by atoms with Crippen molar-refractivity contribution in [3.8, 4) is 0 Å². The lowest BCUT2D eigenvalue weighted by molar-refractivity contribution is -0.124. The van der Waals surface area contributed by atoms with Crippen LogP contribution < -0.4 is 10.6 Å². The summed E-state index contributed by atoms with van der Waals surface area (Å²) in [5.74, 6) is -0.646. The van der Waals surface area contributed by atoms with Gasteiger partial charge in [0, 0.05) is 18.8 Å². The Hall–Kier alpha value is -2.57. The number of nitrogens with two attached hydrogens (primary N) is 1. The molecule has 0 saturated carbocycles. The van der Waals surface area contributed by atoms with Crippen molar-refractivity contribution in [2.24, 2.45) is 5.73 Å². The fourth-order valence-electron chi connectivity index (χ4n) is 2.85. The van der Waals surface area contributed by atoms with Crippen LogP contribution in [-0.4, -0.2) is 42.5 Å². The zero-order chi connectivity index (χ0) is 15.7. The van der Waals surface area contributed by atoms with E-state index in [0.717, 1.165) is 36.9 Å². The van der Waals surface area contributed by atoms with E-state index in [9.17, 15) is 14.4 Å². The molecule has 0 aliphatic carbocycles. The Morgan fingerprint density at radius 3 is 2.86 bits per heavy atom. The lowest BCUT2D eigenvalue weighted by Crippen LogP contribution is -2.32. The first-order valence-corrected chi connectivity index (χ1v) is 7.17. The molecular weight excluding hydrogens is 286 g/mol. The molecule has 0 bridgehead atoms. The molecule has 2 N–H and O–H groups in total. The van der Waals surface area contributed by atoms with Crippen molar-refractivity contribution in [1.82, 2.24) is 4.90 Å². The van der Waals surface area contributed by atoms with Gasteiger partial charge in [-0.25, -0.2) is 4.79 Å². The predicted octanol–water partition coefficient (Wildman–Crippen LogP) is 0.402. The largest absolute Gasteiger partial charge is 0.434 e. The number of nitrogens with zero attached hydrogens (tertiary/aromatic N) is 2. The van der Waals surface area contributed by atoms with Crippen molar-refractivity contribution in [2.75, 3.05) is 18.0 Å². The zero-order valence-corrected chi connectivity index (χ0v) is 12.0. The van der Waals surface area contributed by atoms with Gasteiger partial charge in [0.15, 0.2) is 6.10 Å². The Morgan fingerprint density at radius 2 is 2.18 bits per heavy atom. The van der Waals surface area contributed by atoms with Crippen LogP contribution >= 0.6 is 0 Å². The van der Waals surface area contributed by atoms with Crippen LogP contribution in [0.25, 0.3) is 0 Å². The van der Waals surface area contributed by atoms with Crippen LogP contribution in [0.15, 0.2) is 18.2 Å². The number of cyclic esters (lactones) is 1. The van der Waals surface area contributed by atoms with Gasteiger partial charge in [-0.05, 0) is 36.1 Å². The molecular formula is C15H17N3O4. The Morgan fingerprint density at radius 1 is 1.36 bits per heavy atom. The van der Waals surface area contributed by atoms with Crippen LogP contribution in [0.3, 0.4) is 0 Å². The maximum Gasteiger partial charge on any atom is 0.415 e. The van der Waals surface area contributed by atoms with Gasteiger partial charge in [-0.2, -0.15) is 0 Å². The SMILES string of the molecule is NC(=O)[C@H]1CN(c2ccc3c(c2)CCCN(C=O)C3)C(=O)O1. The van der Waals surface area contributed by atoms with Crippen LogP contribution in [0.5, 0.6) is 0 Å². The molecule has 1 aromatic rings. The van der Waals surface area contributed by atoms with E-state index in [1.807, 2.05) is 12.1 Å². The number of amides is 3. The first kappa shape index (κ1) is 14.4. The van der Waals surface area contributed by atoms with E-state index in [0.29, 0.717) is 12.2 Å². The monoisotopic (exact) mass is 303 g/mol. The topological polar surface area (TPSA) is 92.9 Å². The second kappa shape index (κ2) is 5.67. The summed E-state index contributed by atoms with van der Waals surface area (Å²) in [6, 6.07) is 5.64. The number of carbonyl (C=O) groups is 3. The van der Waals surface area contributed by atoms with Crippen molar-refractivity contribution in [2.45, 2.75) is 25.5 Å². The van der Waals surface area contributed by atoms with Crippen LogP contribution in [0.4, 0.5) is 10.5 Å². The zero-order valence-electron chi connectivity index (χ0n) is 12.0. The highest BCUT2D eigenvalue weighted by atomic mass is 16.6. The molecule has 1 aromatic carbocycles. The van der Waals surface area contributed by atoms with Crippen LogP contribution in [-0.2, 0) is 27.3 Å². The maximum atomic E-state index is 11.9. The van der Waals surface area contributed by atoms with E-state index in [1.54, 1.807) is 11.0 Å². The van der Waals surface area contributed by atoms with Crippen LogP contribution in [0.2, 0.25) is 0 Å². The molecule has 2 aliphatic heterocycles. The van der Waals surface area contributed by atoms with E-state index < -0.39 is 18.1 Å². The molecule has 7 nitrogen and oxygen atoms in total. The minimum atomic E-state index is -0.906. The average molecular weight is 303 g/mol. The Labute approximate surface area is 127 Å². The normalized spacial score (nSPS) is 21.1. The van der Waals surface area contributed by atoms with Crippen molar-refractivity contribution in [1.29, 1.82) is 0 Å². The molecule has 3 rings (SSSR count). The van der Waals surface area contributed by atoms with Gasteiger partial charge in [0.05, 0.1) is 6.54 Å². The lowest BCUT2D eigenvalue weighted by atomic mass is 10.0. The van der Waals surface area contributed by atoms with Gasteiger partial charge in [-0.15, -0.1) is 0 Å². The van der Waals surface area contributed by atoms with E-state index >= 15 is 0 Å². The van der Waals surface area contributed by atoms with Crippen molar-refractivity contribution >= 4 is 24.1 Å². The molecule has 0 aromatic heterocycles. The van der Waals surface area contributed by atoms with E-state index in [4.69, 9.17) is 10.5 Å². The summed E-state index contributed by atoms with van der Waals surface area (Å²) in [5.41, 5.74) is 8.05. The van der Waals surface area contributed by atoms with E-state index in [1.165, 1.54) is 4.90 Å². The summed E-state index contributed by atoms with van der Waals surface area (Å²) in [6.07, 6.45) is 1.11. The van der Waals surface area contributed by atoms with Crippen molar-refractivity contribution in [3.05, 3.63) is 29.3 Å². The number of anilines is 1. The molecule has 0 spiro atoms. The molecule has 7 heteroatoms. The number of benzene rings is 1. The van der Waals surface area contributed by atoms with Gasteiger partial charge in [-0.3, -0.25) is 14.5 Å². The number of ether oxygens (including phenoxy) is 1. The molecule has 2 aliphatic rings. The summed E-state index contributed by atoms with van der Waals surface area (Å²) >= 11 is 0. The van der Waals surface area contributed by atoms with Crippen LogP contribution in [0.1, 0.15) is 17.5 Å². The highest BCUT2D eigenvalue weighted by Gasteiger charge is 2.36. The number of rotatable bonds is 3. The fourth-order valence-corrected chi connectivity index (χ4v) is 2.85. The lowest BCUT2D eigenvalue weighted by Gasteiger charge is -2.17. The smallest absolute Gasteiger partial charge is 0.415 e. The molecule has 0 unspecified atom stereocenters. The third-order valence-corrected chi connectivity index (χ3v) is 4.04. The summed E-state index contributed by atoms with van der Waals surface area (Å²) in [4.78, 5) is 37.1. The van der Waals surface area contributed by atoms with Gasteiger partial charge < -0.3 is 15.4 Å². The van der Waals surface area contributed by atoms with Gasteiger partial charge in [-0.1, -0.05) is 6.07 Å². The number of hydrogen-bond acceptors (Lipinski definition) is 4. The first-order valence-electron chi connectivity index (χ1n) is 7.17. The molecule has 22 heavy (non-hydrogen) atoms. The minimum Gasteiger partial charge on any atom is -0.434 e. The minimum absolute atomic E-state index is 0.132. The molecule has 0 radical (unpaired) electrons. The van der Waals surface area contributed by atoms with Gasteiger partial charge in [0.25, 0.3) is 5.91 Å². The van der Waals surface area contributed by atoms with Crippen molar-refractivity contribution in [3.63, 3.8) is 0 Å². The molecule has 2 heterocycles. The number of fused-ring (bicyclic) bond motifs is 1. The quantitative estimate of drug-likeness (QED) is 0.818. The molecule has 1 fully saturated rings. The Kier molecular flexibility index (Phi) is 3.70. The molecule has 1 saturated heterocycles. The molecule has 3 amide bonds. The highest BCUT2D eigenvalue weighted by Crippen LogP contribution is 2.27. The summed E-state index contributed by atoms with van der Waals surface area (Å²) in [5, 5.41) is 0. The van der Waals surface area contributed by atoms with Crippen molar-refractivity contribution < 1.29 is 19.1 Å². The number of aryl methyl sites for hydroxylation is 1. The summed E-state index contributed by atoms with van der Waals surface area (Å²) in [7, 11) is 0. The Bertz CT molecular complexity index is 631. The van der Waals surface area contributed by atoms with Gasteiger partial charge in [0.1, 0.15) is 0 Å². The highest BCUT2D eigenvalue weighted by molar-refractivity contribution is 5.95. The van der Waals surface area contributed by atoms with Gasteiger partial charge in [0.2, 0.25) is 6.41 Å². The molecule has 1 atom stereocenters. The number of carbonyl (C=O) groups excluding carboxylic acids is 3. The first-order chi connectivity index (χ1) is 10.6. The number of hydrogen-bond donors (Lipinski definition) is 1. The predicted molar refractivity (Wildman–Crippen MR) is 78.0 cm³/mol. The van der Waals surface area contributed by atoms with E-state index in [2.05, 4.69) is 0 Å². The van der Waals surface area contributed by atoms with Gasteiger partial charge >= 0.3 is 6.09 Å². The van der Waals surface area contributed by atoms with Crippen LogP contribution in [0, 0.1) is 0 Å². The third-order valence-electron chi connectivity index (χ3n) is 4.04. The second-order valence-corrected chi connectivity index (χ2v) is 5.52. The maximum absolute atomic E-state index is 11.9. The third kappa shape index (κ3) is 2.61. The average Bonchev–Trinajstić information content (AvgIpc) is 2.78. The Balaban J connectivity index is 1.85. The standard InChI is InChI=1S/C15H17N3O4/c16-14(20)13-8-18(15(21)22-13)12-4-3-11-7-17(9-19)5-1-2-10(11)6-12/h3-4,6,9,13H,1-2,5,7-8H2,(H2,16,20)/t13-/m1/s1. The second-order valence-electron chi connectivity index (χ2n) is 5.52.